The molecule has 0 N–H and O–H groups in total. The van der Waals surface area contributed by atoms with Crippen LogP contribution in [0.25, 0.3) is 5.65 Å². The van der Waals surface area contributed by atoms with Gasteiger partial charge in [-0.2, -0.15) is 17.7 Å². The van der Waals surface area contributed by atoms with E-state index in [0.29, 0.717) is 18.0 Å². The van der Waals surface area contributed by atoms with Gasteiger partial charge in [0.1, 0.15) is 0 Å². The van der Waals surface area contributed by atoms with Crippen LogP contribution in [0.5, 0.6) is 0 Å². The molecule has 2 aromatic heterocycles. The topological polar surface area (TPSA) is 55.5 Å². The molecule has 1 spiro atoms. The molecule has 0 radical (unpaired) electrons. The van der Waals surface area contributed by atoms with Gasteiger partial charge < -0.3 is 9.64 Å². The van der Waals surface area contributed by atoms with Gasteiger partial charge in [0.15, 0.2) is 11.5 Å². The van der Waals surface area contributed by atoms with Crippen molar-refractivity contribution in [2.45, 2.75) is 32.9 Å². The largest absolute Gasteiger partial charge is 0.453 e. The van der Waals surface area contributed by atoms with Crippen molar-refractivity contribution in [3.63, 3.8) is 0 Å². The second kappa shape index (κ2) is 5.05. The lowest BCUT2D eigenvalue weighted by molar-refractivity contribution is -0.146. The normalized spacial score (nSPS) is 24.6. The smallest absolute Gasteiger partial charge is 0.381 e. The maximum atomic E-state index is 13.1. The standard InChI is InChI=1S/C15H18F3N5O/c1-9-10(2)12(22-5-3-14(7-22)4-6-24-8-14)21-23-11(9)19-20-13(23)15(16,17)18/h3-8H2,1-2H3/t14-/m1/s1. The first-order chi connectivity index (χ1) is 11.3. The van der Waals surface area contributed by atoms with Gasteiger partial charge in [-0.05, 0) is 26.7 Å². The minimum absolute atomic E-state index is 0.108. The Bertz CT molecular complexity index is 794. The van der Waals surface area contributed by atoms with E-state index in [2.05, 4.69) is 20.2 Å². The number of halogens is 3. The van der Waals surface area contributed by atoms with Crippen molar-refractivity contribution in [2.75, 3.05) is 31.2 Å². The van der Waals surface area contributed by atoms with Gasteiger partial charge in [-0.3, -0.25) is 0 Å². The molecule has 0 aliphatic carbocycles. The minimum atomic E-state index is -4.59. The molecular formula is C15H18F3N5O. The highest BCUT2D eigenvalue weighted by Crippen LogP contribution is 2.41. The number of anilines is 1. The Labute approximate surface area is 136 Å². The number of hydrogen-bond donors (Lipinski definition) is 0. The number of ether oxygens (including phenoxy) is 1. The van der Waals surface area contributed by atoms with Crippen molar-refractivity contribution >= 4 is 11.5 Å². The Morgan fingerprint density at radius 2 is 1.92 bits per heavy atom. The predicted molar refractivity (Wildman–Crippen MR) is 80.0 cm³/mol. The van der Waals surface area contributed by atoms with Gasteiger partial charge in [-0.25, -0.2) is 0 Å². The summed E-state index contributed by atoms with van der Waals surface area (Å²) in [6.45, 7) is 6.62. The predicted octanol–water partition coefficient (Wildman–Crippen LogP) is 2.38. The fraction of sp³-hybridized carbons (Fsp3) is 0.667. The van der Waals surface area contributed by atoms with E-state index >= 15 is 0 Å². The third-order valence-corrected chi connectivity index (χ3v) is 5.25. The summed E-state index contributed by atoms with van der Waals surface area (Å²) in [6.07, 6.45) is -2.62. The van der Waals surface area contributed by atoms with Crippen LogP contribution in [-0.2, 0) is 10.9 Å². The third-order valence-electron chi connectivity index (χ3n) is 5.25. The van der Waals surface area contributed by atoms with Crippen molar-refractivity contribution in [3.05, 3.63) is 17.0 Å². The summed E-state index contributed by atoms with van der Waals surface area (Å²) in [6, 6.07) is 0. The summed E-state index contributed by atoms with van der Waals surface area (Å²) < 4.78 is 45.8. The van der Waals surface area contributed by atoms with Crippen LogP contribution >= 0.6 is 0 Å². The summed E-state index contributed by atoms with van der Waals surface area (Å²) in [7, 11) is 0. The Morgan fingerprint density at radius 1 is 1.12 bits per heavy atom. The fourth-order valence-corrected chi connectivity index (χ4v) is 3.68. The van der Waals surface area contributed by atoms with E-state index < -0.39 is 12.0 Å². The van der Waals surface area contributed by atoms with E-state index in [-0.39, 0.29) is 11.1 Å². The van der Waals surface area contributed by atoms with Crippen molar-refractivity contribution in [2.24, 2.45) is 5.41 Å². The second-order valence-corrected chi connectivity index (χ2v) is 6.80. The fourth-order valence-electron chi connectivity index (χ4n) is 3.68. The summed E-state index contributed by atoms with van der Waals surface area (Å²) in [5.74, 6) is -0.506. The van der Waals surface area contributed by atoms with Gasteiger partial charge >= 0.3 is 6.18 Å². The first-order valence-electron chi connectivity index (χ1n) is 7.93. The molecule has 2 fully saturated rings. The van der Waals surface area contributed by atoms with E-state index in [9.17, 15) is 13.2 Å². The number of aromatic nitrogens is 4. The van der Waals surface area contributed by atoms with Gasteiger partial charge in [0.25, 0.3) is 5.82 Å². The molecule has 24 heavy (non-hydrogen) atoms. The number of fused-ring (bicyclic) bond motifs is 1. The summed E-state index contributed by atoms with van der Waals surface area (Å²) in [5.41, 5.74) is 1.78. The number of hydrogen-bond acceptors (Lipinski definition) is 5. The first kappa shape index (κ1) is 15.6. The highest BCUT2D eigenvalue weighted by atomic mass is 19.4. The third kappa shape index (κ3) is 2.25. The summed E-state index contributed by atoms with van der Waals surface area (Å²) in [5, 5.41) is 11.2. The zero-order chi connectivity index (χ0) is 17.1. The van der Waals surface area contributed by atoms with E-state index in [0.717, 1.165) is 42.6 Å². The Balaban J connectivity index is 1.79. The lowest BCUT2D eigenvalue weighted by atomic mass is 9.87. The maximum Gasteiger partial charge on any atom is 0.453 e. The van der Waals surface area contributed by atoms with Gasteiger partial charge in [0, 0.05) is 36.2 Å². The lowest BCUT2D eigenvalue weighted by Crippen LogP contribution is -2.29. The quantitative estimate of drug-likeness (QED) is 0.797. The summed E-state index contributed by atoms with van der Waals surface area (Å²) in [4.78, 5) is 2.07. The van der Waals surface area contributed by atoms with Gasteiger partial charge in [0.05, 0.1) is 6.61 Å². The molecular weight excluding hydrogens is 323 g/mol. The van der Waals surface area contributed by atoms with Crippen LogP contribution in [0, 0.1) is 19.3 Å². The van der Waals surface area contributed by atoms with Crippen LogP contribution in [-0.4, -0.2) is 46.1 Å². The number of nitrogens with zero attached hydrogens (tertiary/aromatic N) is 5. The average molecular weight is 341 g/mol. The van der Waals surface area contributed by atoms with Gasteiger partial charge in [-0.15, -0.1) is 15.3 Å². The molecule has 9 heteroatoms. The molecule has 0 aromatic carbocycles. The second-order valence-electron chi connectivity index (χ2n) is 6.80. The SMILES string of the molecule is Cc1c(N2CC[C@@]3(CCOC3)C2)nn2c(C(F)(F)F)nnc2c1C. The monoisotopic (exact) mass is 341 g/mol. The van der Waals surface area contributed by atoms with Gasteiger partial charge in [0.2, 0.25) is 0 Å². The molecule has 2 aliphatic heterocycles. The van der Waals surface area contributed by atoms with Crippen LogP contribution in [0.2, 0.25) is 0 Å². The molecule has 0 unspecified atom stereocenters. The molecule has 130 valence electrons. The Hall–Kier alpha value is -1.90. The van der Waals surface area contributed by atoms with Crippen LogP contribution in [0.3, 0.4) is 0 Å². The molecule has 1 atom stereocenters. The van der Waals surface area contributed by atoms with Gasteiger partial charge in [-0.1, -0.05) is 0 Å². The van der Waals surface area contributed by atoms with E-state index in [1.54, 1.807) is 6.92 Å². The van der Waals surface area contributed by atoms with Crippen LogP contribution in [0.1, 0.15) is 29.8 Å². The molecule has 2 aromatic rings. The van der Waals surface area contributed by atoms with Crippen molar-refractivity contribution in [1.29, 1.82) is 0 Å². The molecule has 2 aliphatic rings. The highest BCUT2D eigenvalue weighted by Gasteiger charge is 2.43. The molecule has 6 nitrogen and oxygen atoms in total. The van der Waals surface area contributed by atoms with Crippen LogP contribution in [0.15, 0.2) is 0 Å². The number of alkyl halides is 3. The Morgan fingerprint density at radius 3 is 2.58 bits per heavy atom. The Kier molecular flexibility index (Phi) is 3.28. The number of rotatable bonds is 1. The highest BCUT2D eigenvalue weighted by molar-refractivity contribution is 5.59. The zero-order valence-corrected chi connectivity index (χ0v) is 13.5. The van der Waals surface area contributed by atoms with Crippen LogP contribution in [0.4, 0.5) is 19.0 Å². The van der Waals surface area contributed by atoms with Crippen molar-refractivity contribution in [3.8, 4) is 0 Å². The van der Waals surface area contributed by atoms with E-state index in [1.807, 2.05) is 6.92 Å². The molecule has 2 saturated heterocycles. The molecule has 0 saturated carbocycles. The molecule has 0 amide bonds. The minimum Gasteiger partial charge on any atom is -0.381 e. The summed E-state index contributed by atoms with van der Waals surface area (Å²) >= 11 is 0. The van der Waals surface area contributed by atoms with Crippen molar-refractivity contribution < 1.29 is 17.9 Å². The molecule has 0 bridgehead atoms. The maximum absolute atomic E-state index is 13.1. The zero-order valence-electron chi connectivity index (χ0n) is 13.5. The number of aryl methyl sites for hydroxylation is 1. The molecule has 4 rings (SSSR count). The first-order valence-corrected chi connectivity index (χ1v) is 7.93. The van der Waals surface area contributed by atoms with Crippen LogP contribution < -0.4 is 4.90 Å². The lowest BCUT2D eigenvalue weighted by Gasteiger charge is -2.24. The average Bonchev–Trinajstić information content (AvgIpc) is 3.23. The molecule has 4 heterocycles. The van der Waals surface area contributed by atoms with E-state index in [1.165, 1.54) is 0 Å². The van der Waals surface area contributed by atoms with Crippen molar-refractivity contribution in [1.82, 2.24) is 19.8 Å². The van der Waals surface area contributed by atoms with E-state index in [4.69, 9.17) is 4.74 Å².